The molecule has 0 unspecified atom stereocenters. The Kier molecular flexibility index (Phi) is 5.64. The first kappa shape index (κ1) is 15.6. The molecule has 0 radical (unpaired) electrons. The number of hydrogen-bond donors (Lipinski definition) is 1. The molecule has 0 bridgehead atoms. The van der Waals surface area contributed by atoms with Crippen LogP contribution < -0.4 is 0 Å². The SMILES string of the molecule is CO/C=N/c1cc(C)cc(C)c1/N=N/N(C)CC(=O)O. The van der Waals surface area contributed by atoms with Crippen molar-refractivity contribution in [1.82, 2.24) is 5.01 Å². The van der Waals surface area contributed by atoms with Gasteiger partial charge in [0.25, 0.3) is 0 Å². The number of carboxylic acids is 1. The van der Waals surface area contributed by atoms with Crippen molar-refractivity contribution in [2.75, 3.05) is 20.7 Å². The van der Waals surface area contributed by atoms with E-state index >= 15 is 0 Å². The van der Waals surface area contributed by atoms with Crippen molar-refractivity contribution in [3.63, 3.8) is 0 Å². The second-order valence-corrected chi connectivity index (χ2v) is 4.32. The number of aliphatic imine (C=N–C) groups is 1. The summed E-state index contributed by atoms with van der Waals surface area (Å²) in [6, 6.07) is 3.81. The highest BCUT2D eigenvalue weighted by atomic mass is 16.5. The Bertz CT molecular complexity index is 541. The van der Waals surface area contributed by atoms with Gasteiger partial charge in [0, 0.05) is 7.05 Å². The molecule has 0 atom stereocenters. The second kappa shape index (κ2) is 7.22. The van der Waals surface area contributed by atoms with Gasteiger partial charge >= 0.3 is 5.97 Å². The third kappa shape index (κ3) is 4.68. The molecule has 1 aromatic rings. The standard InChI is InChI=1S/C13H18N4O3/c1-9-5-10(2)13(11(6-9)14-8-20-4)15-16-17(3)7-12(18)19/h5-6,8H,7H2,1-4H3,(H,18,19)/b14-8+,16-15+. The topological polar surface area (TPSA) is 86.9 Å². The first-order chi connectivity index (χ1) is 9.43. The number of rotatable bonds is 6. The number of carboxylic acid groups (broad SMARTS) is 1. The lowest BCUT2D eigenvalue weighted by Gasteiger charge is -2.09. The average molecular weight is 278 g/mol. The maximum Gasteiger partial charge on any atom is 0.324 e. The molecule has 1 rings (SSSR count). The molecule has 1 aromatic carbocycles. The number of aryl methyl sites for hydroxylation is 2. The van der Waals surface area contributed by atoms with E-state index in [-0.39, 0.29) is 6.54 Å². The normalized spacial score (nSPS) is 11.2. The van der Waals surface area contributed by atoms with Crippen LogP contribution in [-0.2, 0) is 9.53 Å². The van der Waals surface area contributed by atoms with Crippen molar-refractivity contribution in [3.8, 4) is 0 Å². The largest absolute Gasteiger partial charge is 0.486 e. The Balaban J connectivity index is 3.06. The van der Waals surface area contributed by atoms with E-state index in [1.165, 1.54) is 18.5 Å². The Morgan fingerprint density at radius 3 is 2.75 bits per heavy atom. The molecule has 0 spiro atoms. The summed E-state index contributed by atoms with van der Waals surface area (Å²) in [5, 5.41) is 17.8. The van der Waals surface area contributed by atoms with Gasteiger partial charge in [-0.15, -0.1) is 5.11 Å². The van der Waals surface area contributed by atoms with Crippen molar-refractivity contribution in [3.05, 3.63) is 23.3 Å². The Labute approximate surface area is 117 Å². The van der Waals surface area contributed by atoms with Crippen LogP contribution in [0.1, 0.15) is 11.1 Å². The molecular weight excluding hydrogens is 260 g/mol. The second-order valence-electron chi connectivity index (χ2n) is 4.32. The molecular formula is C13H18N4O3. The van der Waals surface area contributed by atoms with Gasteiger partial charge in [-0.1, -0.05) is 11.3 Å². The van der Waals surface area contributed by atoms with Gasteiger partial charge in [-0.3, -0.25) is 9.80 Å². The summed E-state index contributed by atoms with van der Waals surface area (Å²) >= 11 is 0. The van der Waals surface area contributed by atoms with Gasteiger partial charge in [0.1, 0.15) is 12.2 Å². The summed E-state index contributed by atoms with van der Waals surface area (Å²) in [4.78, 5) is 14.7. The van der Waals surface area contributed by atoms with Gasteiger partial charge in [0.2, 0.25) is 0 Å². The summed E-state index contributed by atoms with van der Waals surface area (Å²) in [7, 11) is 3.05. The first-order valence-electron chi connectivity index (χ1n) is 5.95. The molecule has 1 N–H and O–H groups in total. The fourth-order valence-electron chi connectivity index (χ4n) is 1.62. The molecule has 0 heterocycles. The molecule has 7 heteroatoms. The summed E-state index contributed by atoms with van der Waals surface area (Å²) in [5.74, 6) is -0.968. The molecule has 0 saturated heterocycles. The van der Waals surface area contributed by atoms with Gasteiger partial charge in [-0.05, 0) is 31.0 Å². The van der Waals surface area contributed by atoms with Crippen molar-refractivity contribution in [1.29, 1.82) is 0 Å². The predicted molar refractivity (Wildman–Crippen MR) is 75.9 cm³/mol. The van der Waals surface area contributed by atoms with Crippen molar-refractivity contribution < 1.29 is 14.6 Å². The van der Waals surface area contributed by atoms with Gasteiger partial charge < -0.3 is 9.84 Å². The minimum Gasteiger partial charge on any atom is -0.486 e. The quantitative estimate of drug-likeness (QED) is 0.375. The van der Waals surface area contributed by atoms with Crippen molar-refractivity contribution >= 4 is 23.7 Å². The molecule has 0 aliphatic heterocycles. The number of hydrogen-bond acceptors (Lipinski definition) is 5. The van der Waals surface area contributed by atoms with Crippen LogP contribution in [-0.4, -0.2) is 43.2 Å². The van der Waals surface area contributed by atoms with E-state index in [2.05, 4.69) is 15.3 Å². The van der Waals surface area contributed by atoms with E-state index in [0.29, 0.717) is 11.4 Å². The van der Waals surface area contributed by atoms with Gasteiger partial charge in [-0.25, -0.2) is 4.99 Å². The van der Waals surface area contributed by atoms with Crippen LogP contribution in [0.3, 0.4) is 0 Å². The number of nitrogens with zero attached hydrogens (tertiary/aromatic N) is 4. The molecule has 0 amide bonds. The zero-order valence-electron chi connectivity index (χ0n) is 12.0. The fraction of sp³-hybridized carbons (Fsp3) is 0.385. The fourth-order valence-corrected chi connectivity index (χ4v) is 1.62. The highest BCUT2D eigenvalue weighted by Crippen LogP contribution is 2.33. The molecule has 0 aliphatic rings. The van der Waals surface area contributed by atoms with E-state index in [4.69, 9.17) is 9.84 Å². The summed E-state index contributed by atoms with van der Waals surface area (Å²) in [6.07, 6.45) is 1.31. The zero-order valence-corrected chi connectivity index (χ0v) is 12.0. The molecule has 0 saturated carbocycles. The van der Waals surface area contributed by atoms with Gasteiger partial charge in [-0.2, -0.15) is 0 Å². The van der Waals surface area contributed by atoms with Gasteiger partial charge in [0.15, 0.2) is 6.40 Å². The maximum atomic E-state index is 10.6. The van der Waals surface area contributed by atoms with E-state index in [9.17, 15) is 4.79 Å². The van der Waals surface area contributed by atoms with Gasteiger partial charge in [0.05, 0.1) is 12.8 Å². The lowest BCUT2D eigenvalue weighted by Crippen LogP contribution is -2.19. The summed E-state index contributed by atoms with van der Waals surface area (Å²) in [6.45, 7) is 3.63. The zero-order chi connectivity index (χ0) is 15.1. The Morgan fingerprint density at radius 2 is 2.15 bits per heavy atom. The van der Waals surface area contributed by atoms with E-state index < -0.39 is 5.97 Å². The number of aliphatic carboxylic acids is 1. The molecule has 108 valence electrons. The molecule has 0 aliphatic carbocycles. The van der Waals surface area contributed by atoms with Crippen LogP contribution in [0.5, 0.6) is 0 Å². The van der Waals surface area contributed by atoms with Crippen LogP contribution in [0, 0.1) is 13.8 Å². The monoisotopic (exact) mass is 278 g/mol. The van der Waals surface area contributed by atoms with Crippen molar-refractivity contribution in [2.24, 2.45) is 15.3 Å². The van der Waals surface area contributed by atoms with E-state index in [1.807, 2.05) is 26.0 Å². The number of benzene rings is 1. The van der Waals surface area contributed by atoms with E-state index in [1.54, 1.807) is 7.05 Å². The minimum absolute atomic E-state index is 0.217. The van der Waals surface area contributed by atoms with Crippen LogP contribution in [0.15, 0.2) is 27.5 Å². The first-order valence-corrected chi connectivity index (χ1v) is 5.95. The van der Waals surface area contributed by atoms with Crippen LogP contribution in [0.25, 0.3) is 0 Å². The number of likely N-dealkylation sites (N-methyl/N-ethyl adjacent to an activating group) is 1. The lowest BCUT2D eigenvalue weighted by atomic mass is 10.1. The maximum absolute atomic E-state index is 10.6. The summed E-state index contributed by atoms with van der Waals surface area (Å²) in [5.41, 5.74) is 3.15. The third-order valence-electron chi connectivity index (χ3n) is 2.38. The molecule has 20 heavy (non-hydrogen) atoms. The average Bonchev–Trinajstić information content (AvgIpc) is 2.33. The Morgan fingerprint density at radius 1 is 1.45 bits per heavy atom. The van der Waals surface area contributed by atoms with Crippen LogP contribution in [0.2, 0.25) is 0 Å². The third-order valence-corrected chi connectivity index (χ3v) is 2.38. The summed E-state index contributed by atoms with van der Waals surface area (Å²) < 4.78 is 4.81. The lowest BCUT2D eigenvalue weighted by molar-refractivity contribution is -0.138. The smallest absolute Gasteiger partial charge is 0.324 e. The van der Waals surface area contributed by atoms with E-state index in [0.717, 1.165) is 11.1 Å². The number of methoxy groups -OCH3 is 1. The minimum atomic E-state index is -0.968. The highest BCUT2D eigenvalue weighted by Gasteiger charge is 2.07. The number of carbonyl (C=O) groups is 1. The van der Waals surface area contributed by atoms with Crippen LogP contribution >= 0.6 is 0 Å². The molecule has 0 aromatic heterocycles. The molecule has 7 nitrogen and oxygen atoms in total. The molecule has 0 fully saturated rings. The van der Waals surface area contributed by atoms with Crippen molar-refractivity contribution in [2.45, 2.75) is 13.8 Å². The number of ether oxygens (including phenoxy) is 1. The highest BCUT2D eigenvalue weighted by molar-refractivity contribution is 5.71. The predicted octanol–water partition coefficient (Wildman–Crippen LogP) is 2.62. The van der Waals surface area contributed by atoms with Crippen LogP contribution in [0.4, 0.5) is 11.4 Å². The Hall–Kier alpha value is -2.44.